The maximum Gasteiger partial charge on any atom is 0.293 e. The normalized spacial score (nSPS) is 33.1. The Balaban J connectivity index is 2.12. The van der Waals surface area contributed by atoms with E-state index < -0.39 is 5.60 Å². The van der Waals surface area contributed by atoms with Gasteiger partial charge in [0.2, 0.25) is 0 Å². The number of Topliss-reactive ketones (excluding diaryl/α,β-unsaturated/α-hetero) is 1. The molecule has 1 unspecified atom stereocenters. The monoisotopic (exact) mass is 314 g/mol. The molecule has 0 aliphatic heterocycles. The molecule has 0 saturated heterocycles. The maximum atomic E-state index is 12.8. The highest BCUT2D eigenvalue weighted by atomic mass is 16.5. The Morgan fingerprint density at radius 3 is 2.65 bits per heavy atom. The van der Waals surface area contributed by atoms with E-state index in [1.807, 2.05) is 6.92 Å². The molecule has 124 valence electrons. The predicted molar refractivity (Wildman–Crippen MR) is 89.7 cm³/mol. The van der Waals surface area contributed by atoms with E-state index in [2.05, 4.69) is 39.0 Å². The number of carbonyl (C=O) groups is 2. The zero-order chi connectivity index (χ0) is 16.8. The van der Waals surface area contributed by atoms with Crippen molar-refractivity contribution >= 4 is 12.3 Å². The van der Waals surface area contributed by atoms with E-state index in [0.29, 0.717) is 18.8 Å². The van der Waals surface area contributed by atoms with Crippen LogP contribution in [-0.4, -0.2) is 17.9 Å². The van der Waals surface area contributed by atoms with E-state index in [1.54, 1.807) is 0 Å². The zero-order valence-corrected chi connectivity index (χ0v) is 14.5. The molecule has 1 fully saturated rings. The molecule has 0 spiro atoms. The van der Waals surface area contributed by atoms with Gasteiger partial charge in [0, 0.05) is 23.3 Å². The van der Waals surface area contributed by atoms with Crippen LogP contribution in [0.25, 0.3) is 0 Å². The van der Waals surface area contributed by atoms with Gasteiger partial charge in [0.15, 0.2) is 5.78 Å². The molecule has 0 bridgehead atoms. The van der Waals surface area contributed by atoms with Crippen molar-refractivity contribution in [2.75, 3.05) is 0 Å². The molecule has 23 heavy (non-hydrogen) atoms. The van der Waals surface area contributed by atoms with Gasteiger partial charge in [0.1, 0.15) is 5.60 Å². The first-order chi connectivity index (χ1) is 10.8. The molecule has 0 heterocycles. The molecule has 1 aromatic rings. The Bertz CT molecular complexity index is 648. The second-order valence-corrected chi connectivity index (χ2v) is 7.94. The van der Waals surface area contributed by atoms with Crippen molar-refractivity contribution in [3.8, 4) is 0 Å². The van der Waals surface area contributed by atoms with E-state index in [4.69, 9.17) is 4.74 Å². The summed E-state index contributed by atoms with van der Waals surface area (Å²) in [5.41, 5.74) is 2.59. The number of ketones is 1. The average molecular weight is 314 g/mol. The molecule has 3 heteroatoms. The number of fused-ring (bicyclic) bond motifs is 3. The average Bonchev–Trinajstić information content (AvgIpc) is 2.50. The van der Waals surface area contributed by atoms with Crippen LogP contribution in [0.3, 0.4) is 0 Å². The van der Waals surface area contributed by atoms with Crippen molar-refractivity contribution in [2.24, 2.45) is 5.92 Å². The highest BCUT2D eigenvalue weighted by molar-refractivity contribution is 5.99. The molecule has 2 aliphatic carbocycles. The van der Waals surface area contributed by atoms with Crippen LogP contribution in [-0.2, 0) is 14.9 Å². The van der Waals surface area contributed by atoms with Crippen LogP contribution in [0.1, 0.15) is 80.8 Å². The summed E-state index contributed by atoms with van der Waals surface area (Å²) in [6, 6.07) is 6.37. The first-order valence-electron chi connectivity index (χ1n) is 8.61. The first kappa shape index (κ1) is 16.2. The van der Waals surface area contributed by atoms with Crippen LogP contribution >= 0.6 is 0 Å². The second kappa shape index (κ2) is 5.47. The maximum absolute atomic E-state index is 12.8. The number of hydrogen-bond donors (Lipinski definition) is 0. The van der Waals surface area contributed by atoms with Crippen LogP contribution in [0.15, 0.2) is 18.2 Å². The molecular weight excluding hydrogens is 288 g/mol. The zero-order valence-electron chi connectivity index (χ0n) is 14.5. The van der Waals surface area contributed by atoms with Crippen molar-refractivity contribution in [3.05, 3.63) is 34.9 Å². The molecular formula is C20H26O3. The number of ether oxygens (including phenoxy) is 1. The lowest BCUT2D eigenvalue weighted by molar-refractivity contribution is -0.157. The first-order valence-corrected chi connectivity index (χ1v) is 8.61. The summed E-state index contributed by atoms with van der Waals surface area (Å²) in [6.45, 7) is 9.08. The number of benzene rings is 1. The largest absolute Gasteiger partial charge is 0.461 e. The van der Waals surface area contributed by atoms with Gasteiger partial charge in [-0.1, -0.05) is 32.9 Å². The van der Waals surface area contributed by atoms with Crippen molar-refractivity contribution in [2.45, 2.75) is 70.3 Å². The highest BCUT2D eigenvalue weighted by Gasteiger charge is 2.55. The van der Waals surface area contributed by atoms with E-state index in [0.717, 1.165) is 30.4 Å². The minimum Gasteiger partial charge on any atom is -0.461 e. The SMILES string of the molecule is CC(C)c1ccc2c(c1)C(=O)CC1[C@](C)(OC=O)CCC[C@]21C. The lowest BCUT2D eigenvalue weighted by Gasteiger charge is -2.53. The minimum atomic E-state index is -0.543. The highest BCUT2D eigenvalue weighted by Crippen LogP contribution is 2.54. The Kier molecular flexibility index (Phi) is 3.86. The van der Waals surface area contributed by atoms with Crippen LogP contribution in [0.5, 0.6) is 0 Å². The van der Waals surface area contributed by atoms with Gasteiger partial charge in [-0.25, -0.2) is 0 Å². The van der Waals surface area contributed by atoms with Gasteiger partial charge in [0.05, 0.1) is 0 Å². The van der Waals surface area contributed by atoms with Crippen molar-refractivity contribution in [1.29, 1.82) is 0 Å². The van der Waals surface area contributed by atoms with Gasteiger partial charge in [-0.15, -0.1) is 0 Å². The summed E-state index contributed by atoms with van der Waals surface area (Å²) in [5.74, 6) is 0.653. The molecule has 2 aliphatic rings. The Hall–Kier alpha value is -1.64. The smallest absolute Gasteiger partial charge is 0.293 e. The van der Waals surface area contributed by atoms with E-state index in [1.165, 1.54) is 5.56 Å². The van der Waals surface area contributed by atoms with Gasteiger partial charge in [-0.3, -0.25) is 9.59 Å². The topological polar surface area (TPSA) is 43.4 Å². The Labute approximate surface area is 138 Å². The standard InChI is InChI=1S/C20H26O3/c1-13(2)14-6-7-16-15(10-14)17(22)11-18-19(16,3)8-5-9-20(18,4)23-12-21/h6-7,10,12-13,18H,5,8-9,11H2,1-4H3/t18?,19-,20-/m1/s1. The fourth-order valence-corrected chi connectivity index (χ4v) is 4.79. The summed E-state index contributed by atoms with van der Waals surface area (Å²) in [4.78, 5) is 23.8. The van der Waals surface area contributed by atoms with Crippen LogP contribution in [0, 0.1) is 5.92 Å². The molecule has 0 radical (unpaired) electrons. The van der Waals surface area contributed by atoms with Gasteiger partial charge in [-0.2, -0.15) is 0 Å². The quantitative estimate of drug-likeness (QED) is 0.777. The lowest BCUT2D eigenvalue weighted by atomic mass is 9.53. The molecule has 3 rings (SSSR count). The van der Waals surface area contributed by atoms with Gasteiger partial charge in [0.25, 0.3) is 6.47 Å². The van der Waals surface area contributed by atoms with Crippen molar-refractivity contribution in [1.82, 2.24) is 0 Å². The fourth-order valence-electron chi connectivity index (χ4n) is 4.79. The van der Waals surface area contributed by atoms with Gasteiger partial charge in [-0.05, 0) is 49.3 Å². The number of rotatable bonds is 3. The van der Waals surface area contributed by atoms with Crippen LogP contribution < -0.4 is 0 Å². The van der Waals surface area contributed by atoms with E-state index in [9.17, 15) is 9.59 Å². The lowest BCUT2D eigenvalue weighted by Crippen LogP contribution is -2.55. The van der Waals surface area contributed by atoms with E-state index >= 15 is 0 Å². The van der Waals surface area contributed by atoms with Crippen molar-refractivity contribution in [3.63, 3.8) is 0 Å². The van der Waals surface area contributed by atoms with Crippen LogP contribution in [0.2, 0.25) is 0 Å². The molecule has 3 nitrogen and oxygen atoms in total. The Morgan fingerprint density at radius 2 is 2.00 bits per heavy atom. The molecule has 3 atom stereocenters. The molecule has 0 N–H and O–H groups in total. The summed E-state index contributed by atoms with van der Waals surface area (Å²) in [5, 5.41) is 0. The molecule has 1 aromatic carbocycles. The third kappa shape index (κ3) is 2.41. The number of carbonyl (C=O) groups excluding carboxylic acids is 2. The van der Waals surface area contributed by atoms with Gasteiger partial charge >= 0.3 is 0 Å². The third-order valence-electron chi connectivity index (χ3n) is 6.21. The third-order valence-corrected chi connectivity index (χ3v) is 6.21. The molecule has 1 saturated carbocycles. The summed E-state index contributed by atoms with van der Waals surface area (Å²) in [6.07, 6.45) is 3.35. The Morgan fingerprint density at radius 1 is 1.26 bits per heavy atom. The van der Waals surface area contributed by atoms with Gasteiger partial charge < -0.3 is 4.74 Å². The second-order valence-electron chi connectivity index (χ2n) is 7.94. The summed E-state index contributed by atoms with van der Waals surface area (Å²) in [7, 11) is 0. The van der Waals surface area contributed by atoms with Crippen molar-refractivity contribution < 1.29 is 14.3 Å². The summed E-state index contributed by atoms with van der Waals surface area (Å²) >= 11 is 0. The minimum absolute atomic E-state index is 0.0545. The molecule has 0 aromatic heterocycles. The predicted octanol–water partition coefficient (Wildman–Crippen LogP) is 4.39. The molecule has 0 amide bonds. The van der Waals surface area contributed by atoms with Crippen LogP contribution in [0.4, 0.5) is 0 Å². The van der Waals surface area contributed by atoms with E-state index in [-0.39, 0.29) is 17.1 Å². The summed E-state index contributed by atoms with van der Waals surface area (Å²) < 4.78 is 5.50. The number of hydrogen-bond acceptors (Lipinski definition) is 3. The fraction of sp³-hybridized carbons (Fsp3) is 0.600.